The van der Waals surface area contributed by atoms with Gasteiger partial charge in [-0.2, -0.15) is 5.26 Å². The zero-order chi connectivity index (χ0) is 14.5. The van der Waals surface area contributed by atoms with E-state index in [9.17, 15) is 4.39 Å². The number of methoxy groups -OCH3 is 1. The van der Waals surface area contributed by atoms with Crippen LogP contribution in [0.4, 0.5) is 4.39 Å². The molecule has 0 aliphatic heterocycles. The van der Waals surface area contributed by atoms with Gasteiger partial charge in [-0.05, 0) is 29.8 Å². The largest absolute Gasteiger partial charge is 0.497 e. The molecule has 0 radical (unpaired) electrons. The summed E-state index contributed by atoms with van der Waals surface area (Å²) in [6.45, 7) is 0. The quantitative estimate of drug-likeness (QED) is 0.778. The highest BCUT2D eigenvalue weighted by atomic mass is 79.9. The second-order valence-corrected chi connectivity index (χ2v) is 4.57. The van der Waals surface area contributed by atoms with E-state index in [0.717, 1.165) is 5.56 Å². The smallest absolute Gasteiger partial charge is 0.166 e. The van der Waals surface area contributed by atoms with Crippen LogP contribution in [0.15, 0.2) is 36.4 Å². The molecule has 0 atom stereocenters. The van der Waals surface area contributed by atoms with Crippen LogP contribution in [0.1, 0.15) is 11.1 Å². The summed E-state index contributed by atoms with van der Waals surface area (Å²) >= 11 is 3.26. The first kappa shape index (κ1) is 14.4. The molecule has 20 heavy (non-hydrogen) atoms. The van der Waals surface area contributed by atoms with Gasteiger partial charge in [0.15, 0.2) is 11.6 Å². The fourth-order valence-corrected chi connectivity index (χ4v) is 2.00. The van der Waals surface area contributed by atoms with Crippen molar-refractivity contribution < 1.29 is 13.9 Å². The van der Waals surface area contributed by atoms with Crippen LogP contribution in [-0.4, -0.2) is 7.11 Å². The number of hydrogen-bond acceptors (Lipinski definition) is 3. The summed E-state index contributed by atoms with van der Waals surface area (Å²) < 4.78 is 24.4. The number of ether oxygens (including phenoxy) is 2. The number of hydrogen-bond donors (Lipinski definition) is 0. The van der Waals surface area contributed by atoms with E-state index in [-0.39, 0.29) is 5.75 Å². The number of alkyl halides is 1. The molecule has 0 aliphatic rings. The molecule has 0 heterocycles. The molecule has 2 rings (SSSR count). The molecule has 102 valence electrons. The number of benzene rings is 2. The van der Waals surface area contributed by atoms with E-state index in [1.54, 1.807) is 24.3 Å². The fraction of sp³-hybridized carbons (Fsp3) is 0.133. The second-order valence-electron chi connectivity index (χ2n) is 4.01. The van der Waals surface area contributed by atoms with Gasteiger partial charge in [-0.25, -0.2) is 4.39 Å². The lowest BCUT2D eigenvalue weighted by Gasteiger charge is -2.09. The zero-order valence-electron chi connectivity index (χ0n) is 10.7. The highest BCUT2D eigenvalue weighted by Gasteiger charge is 2.08. The van der Waals surface area contributed by atoms with Gasteiger partial charge < -0.3 is 9.47 Å². The molecule has 0 N–H and O–H groups in total. The lowest BCUT2D eigenvalue weighted by Crippen LogP contribution is -1.92. The Morgan fingerprint density at radius 1 is 1.20 bits per heavy atom. The normalized spacial score (nSPS) is 9.90. The van der Waals surface area contributed by atoms with Gasteiger partial charge in [0.25, 0.3) is 0 Å². The van der Waals surface area contributed by atoms with Crippen LogP contribution in [0.25, 0.3) is 0 Å². The third-order valence-electron chi connectivity index (χ3n) is 2.62. The van der Waals surface area contributed by atoms with Crippen molar-refractivity contribution in [3.8, 4) is 23.3 Å². The van der Waals surface area contributed by atoms with Gasteiger partial charge in [-0.3, -0.25) is 0 Å². The van der Waals surface area contributed by atoms with Crippen LogP contribution in [-0.2, 0) is 5.33 Å². The van der Waals surface area contributed by atoms with Crippen LogP contribution < -0.4 is 9.47 Å². The maximum absolute atomic E-state index is 13.8. The van der Waals surface area contributed by atoms with Crippen molar-refractivity contribution in [2.24, 2.45) is 0 Å². The maximum atomic E-state index is 13.8. The van der Waals surface area contributed by atoms with Gasteiger partial charge in [0.2, 0.25) is 0 Å². The van der Waals surface area contributed by atoms with E-state index in [2.05, 4.69) is 15.9 Å². The topological polar surface area (TPSA) is 42.2 Å². The van der Waals surface area contributed by atoms with E-state index >= 15 is 0 Å². The molecule has 0 aromatic heterocycles. The van der Waals surface area contributed by atoms with E-state index in [1.807, 2.05) is 6.07 Å². The van der Waals surface area contributed by atoms with Gasteiger partial charge in [0.1, 0.15) is 11.5 Å². The Labute approximate surface area is 124 Å². The minimum atomic E-state index is -0.455. The maximum Gasteiger partial charge on any atom is 0.166 e. The van der Waals surface area contributed by atoms with Crippen molar-refractivity contribution >= 4 is 15.9 Å². The zero-order valence-corrected chi connectivity index (χ0v) is 12.3. The molecule has 0 saturated carbocycles. The second kappa shape index (κ2) is 6.40. The summed E-state index contributed by atoms with van der Waals surface area (Å²) in [5, 5.41) is 9.50. The summed E-state index contributed by atoms with van der Waals surface area (Å²) in [5.41, 5.74) is 1.20. The average molecular weight is 336 g/mol. The Morgan fingerprint density at radius 2 is 1.95 bits per heavy atom. The third-order valence-corrected chi connectivity index (χ3v) is 3.27. The van der Waals surface area contributed by atoms with E-state index < -0.39 is 5.82 Å². The third kappa shape index (κ3) is 3.28. The molecule has 2 aromatic carbocycles. The lowest BCUT2D eigenvalue weighted by molar-refractivity contribution is 0.405. The number of rotatable bonds is 4. The molecule has 0 spiro atoms. The monoisotopic (exact) mass is 335 g/mol. The number of halogens is 2. The Kier molecular flexibility index (Phi) is 4.59. The molecule has 0 saturated heterocycles. The minimum Gasteiger partial charge on any atom is -0.497 e. The molecular weight excluding hydrogens is 325 g/mol. The van der Waals surface area contributed by atoms with Crippen LogP contribution in [0, 0.1) is 17.1 Å². The molecule has 0 bridgehead atoms. The van der Waals surface area contributed by atoms with Gasteiger partial charge >= 0.3 is 0 Å². The van der Waals surface area contributed by atoms with Crippen molar-refractivity contribution in [3.05, 3.63) is 53.3 Å². The van der Waals surface area contributed by atoms with E-state index in [4.69, 9.17) is 14.7 Å². The SMILES string of the molecule is COc1cc(C#N)cc(Oc2ccc(CBr)cc2F)c1. The molecule has 0 amide bonds. The van der Waals surface area contributed by atoms with Crippen LogP contribution in [0.3, 0.4) is 0 Å². The highest BCUT2D eigenvalue weighted by molar-refractivity contribution is 9.08. The molecule has 2 aromatic rings. The lowest BCUT2D eigenvalue weighted by atomic mass is 10.2. The Morgan fingerprint density at radius 3 is 2.55 bits per heavy atom. The Hall–Kier alpha value is -2.06. The summed E-state index contributed by atoms with van der Waals surface area (Å²) in [5.74, 6) is 0.484. The predicted octanol–water partition coefficient (Wildman–Crippen LogP) is 4.39. The van der Waals surface area contributed by atoms with Gasteiger partial charge in [0.05, 0.1) is 18.7 Å². The summed E-state index contributed by atoms with van der Waals surface area (Å²) in [6.07, 6.45) is 0. The van der Waals surface area contributed by atoms with Crippen LogP contribution >= 0.6 is 15.9 Å². The first-order valence-corrected chi connectivity index (χ1v) is 6.90. The van der Waals surface area contributed by atoms with Gasteiger partial charge in [0, 0.05) is 11.4 Å². The van der Waals surface area contributed by atoms with Gasteiger partial charge in [-0.1, -0.05) is 22.0 Å². The summed E-state index contributed by atoms with van der Waals surface area (Å²) in [7, 11) is 1.49. The van der Waals surface area contributed by atoms with E-state index in [1.165, 1.54) is 19.2 Å². The van der Waals surface area contributed by atoms with E-state index in [0.29, 0.717) is 22.4 Å². The van der Waals surface area contributed by atoms with Crippen molar-refractivity contribution in [2.45, 2.75) is 5.33 Å². The number of nitrogens with zero attached hydrogens (tertiary/aromatic N) is 1. The standard InChI is InChI=1S/C15H11BrFNO2/c1-19-12-4-11(9-18)5-13(7-12)20-15-3-2-10(8-16)6-14(15)17/h2-7H,8H2,1H3. The first-order chi connectivity index (χ1) is 9.66. The van der Waals surface area contributed by atoms with Crippen LogP contribution in [0.5, 0.6) is 17.2 Å². The fourth-order valence-electron chi connectivity index (χ4n) is 1.65. The molecule has 0 fully saturated rings. The molecule has 0 unspecified atom stereocenters. The van der Waals surface area contributed by atoms with Crippen molar-refractivity contribution in [1.82, 2.24) is 0 Å². The van der Waals surface area contributed by atoms with Crippen molar-refractivity contribution in [3.63, 3.8) is 0 Å². The molecule has 3 nitrogen and oxygen atoms in total. The Bertz CT molecular complexity index is 667. The molecular formula is C15H11BrFNO2. The summed E-state index contributed by atoms with van der Waals surface area (Å²) in [4.78, 5) is 0. The Balaban J connectivity index is 2.32. The first-order valence-electron chi connectivity index (χ1n) is 5.77. The van der Waals surface area contributed by atoms with Crippen LogP contribution in [0.2, 0.25) is 0 Å². The number of nitriles is 1. The summed E-state index contributed by atoms with van der Waals surface area (Å²) in [6, 6.07) is 11.4. The van der Waals surface area contributed by atoms with Crippen molar-refractivity contribution in [2.75, 3.05) is 7.11 Å². The molecule has 0 aliphatic carbocycles. The highest BCUT2D eigenvalue weighted by Crippen LogP contribution is 2.29. The van der Waals surface area contributed by atoms with Gasteiger partial charge in [-0.15, -0.1) is 0 Å². The minimum absolute atomic E-state index is 0.104. The molecule has 5 heteroatoms. The average Bonchev–Trinajstić information content (AvgIpc) is 2.48. The predicted molar refractivity (Wildman–Crippen MR) is 76.8 cm³/mol. The van der Waals surface area contributed by atoms with Crippen molar-refractivity contribution in [1.29, 1.82) is 5.26 Å².